The van der Waals surface area contributed by atoms with Crippen LogP contribution in [-0.2, 0) is 13.5 Å². The van der Waals surface area contributed by atoms with Gasteiger partial charge in [-0.3, -0.25) is 0 Å². The lowest BCUT2D eigenvalue weighted by Crippen LogP contribution is -2.19. The fourth-order valence-corrected chi connectivity index (χ4v) is 2.75. The van der Waals surface area contributed by atoms with E-state index in [1.807, 2.05) is 25.0 Å². The van der Waals surface area contributed by atoms with Crippen LogP contribution in [0.15, 0.2) is 12.5 Å². The zero-order valence-corrected chi connectivity index (χ0v) is 11.5. The molecule has 0 amide bonds. The minimum atomic E-state index is 0.237. The average molecular weight is 250 g/mol. The van der Waals surface area contributed by atoms with Gasteiger partial charge in [-0.25, -0.2) is 9.97 Å². The van der Waals surface area contributed by atoms with Crippen LogP contribution in [0.3, 0.4) is 0 Å². The summed E-state index contributed by atoms with van der Waals surface area (Å²) in [5.74, 6) is 0. The Labute approximate surface area is 106 Å². The summed E-state index contributed by atoms with van der Waals surface area (Å²) in [5, 5.41) is 4.47. The number of aryl methyl sites for hydroxylation is 3. The van der Waals surface area contributed by atoms with Gasteiger partial charge in [-0.15, -0.1) is 11.3 Å². The van der Waals surface area contributed by atoms with Crippen molar-refractivity contribution in [1.29, 1.82) is 0 Å². The number of thiazole rings is 1. The number of nitrogens with one attached hydrogen (secondary N) is 1. The molecule has 2 aromatic heterocycles. The third-order valence-electron chi connectivity index (χ3n) is 2.88. The normalized spacial score (nSPS) is 12.9. The van der Waals surface area contributed by atoms with E-state index >= 15 is 0 Å². The Morgan fingerprint density at radius 1 is 1.47 bits per heavy atom. The maximum absolute atomic E-state index is 4.57. The van der Waals surface area contributed by atoms with Crippen molar-refractivity contribution in [1.82, 2.24) is 19.9 Å². The number of hydrogen-bond donors (Lipinski definition) is 1. The average Bonchev–Trinajstić information content (AvgIpc) is 2.83. The second-order valence-corrected chi connectivity index (χ2v) is 5.55. The van der Waals surface area contributed by atoms with Crippen molar-refractivity contribution in [3.05, 3.63) is 33.8 Å². The van der Waals surface area contributed by atoms with Crippen LogP contribution in [-0.4, -0.2) is 21.6 Å². The molecule has 0 aliphatic heterocycles. The van der Waals surface area contributed by atoms with Gasteiger partial charge in [0.05, 0.1) is 28.8 Å². The molecular weight excluding hydrogens is 232 g/mol. The van der Waals surface area contributed by atoms with Gasteiger partial charge < -0.3 is 9.88 Å². The van der Waals surface area contributed by atoms with E-state index in [1.165, 1.54) is 9.88 Å². The van der Waals surface area contributed by atoms with Gasteiger partial charge >= 0.3 is 0 Å². The van der Waals surface area contributed by atoms with Crippen LogP contribution in [0, 0.1) is 13.8 Å². The van der Waals surface area contributed by atoms with Gasteiger partial charge in [0, 0.05) is 24.5 Å². The monoisotopic (exact) mass is 250 g/mol. The minimum absolute atomic E-state index is 0.237. The molecule has 0 aromatic carbocycles. The van der Waals surface area contributed by atoms with E-state index in [0.29, 0.717) is 0 Å². The Hall–Kier alpha value is -1.20. The summed E-state index contributed by atoms with van der Waals surface area (Å²) in [6.07, 6.45) is 4.78. The third-order valence-corrected chi connectivity index (χ3v) is 3.98. The topological polar surface area (TPSA) is 42.7 Å². The summed E-state index contributed by atoms with van der Waals surface area (Å²) in [5.41, 5.74) is 2.21. The van der Waals surface area contributed by atoms with Crippen molar-refractivity contribution in [3.8, 4) is 0 Å². The van der Waals surface area contributed by atoms with E-state index in [0.717, 1.165) is 17.8 Å². The lowest BCUT2D eigenvalue weighted by atomic mass is 10.1. The van der Waals surface area contributed by atoms with Gasteiger partial charge in [-0.05, 0) is 20.9 Å². The first-order valence-electron chi connectivity index (χ1n) is 5.68. The quantitative estimate of drug-likeness (QED) is 0.902. The van der Waals surface area contributed by atoms with E-state index in [4.69, 9.17) is 0 Å². The smallest absolute Gasteiger partial charge is 0.0950 e. The Bertz CT molecular complexity index is 481. The largest absolute Gasteiger partial charge is 0.340 e. The molecule has 5 heteroatoms. The molecule has 2 aromatic rings. The van der Waals surface area contributed by atoms with Crippen molar-refractivity contribution in [2.75, 3.05) is 7.05 Å². The Morgan fingerprint density at radius 2 is 2.24 bits per heavy atom. The summed E-state index contributed by atoms with van der Waals surface area (Å²) < 4.78 is 1.97. The number of hydrogen-bond acceptors (Lipinski definition) is 4. The molecule has 17 heavy (non-hydrogen) atoms. The zero-order chi connectivity index (χ0) is 12.4. The van der Waals surface area contributed by atoms with Crippen LogP contribution in [0.5, 0.6) is 0 Å². The summed E-state index contributed by atoms with van der Waals surface area (Å²) >= 11 is 1.77. The number of imidazole rings is 1. The van der Waals surface area contributed by atoms with Gasteiger partial charge in [-0.1, -0.05) is 0 Å². The molecule has 0 spiro atoms. The number of likely N-dealkylation sites (N-methyl/N-ethyl adjacent to an activating group) is 1. The Morgan fingerprint density at radius 3 is 2.71 bits per heavy atom. The summed E-state index contributed by atoms with van der Waals surface area (Å²) in [6, 6.07) is 0.237. The molecule has 2 heterocycles. The molecular formula is C12H18N4S. The molecule has 0 fully saturated rings. The van der Waals surface area contributed by atoms with Gasteiger partial charge in [0.15, 0.2) is 0 Å². The van der Waals surface area contributed by atoms with Crippen LogP contribution in [0.4, 0.5) is 0 Å². The SMILES string of the molecule is CNC(Cc1nc(C)c(C)s1)c1cn(C)cn1. The molecule has 0 aliphatic carbocycles. The predicted octanol–water partition coefficient (Wildman–Crippen LogP) is 2.00. The maximum Gasteiger partial charge on any atom is 0.0950 e. The lowest BCUT2D eigenvalue weighted by molar-refractivity contribution is 0.576. The van der Waals surface area contributed by atoms with Gasteiger partial charge in [-0.2, -0.15) is 0 Å². The molecule has 0 saturated carbocycles. The molecule has 0 aliphatic rings. The molecule has 92 valence electrons. The minimum Gasteiger partial charge on any atom is -0.340 e. The van der Waals surface area contributed by atoms with Gasteiger partial charge in [0.1, 0.15) is 0 Å². The van der Waals surface area contributed by atoms with Crippen LogP contribution >= 0.6 is 11.3 Å². The first-order chi connectivity index (χ1) is 8.10. The maximum atomic E-state index is 4.57. The van der Waals surface area contributed by atoms with E-state index in [9.17, 15) is 0 Å². The van der Waals surface area contributed by atoms with Crippen LogP contribution in [0.1, 0.15) is 27.3 Å². The molecule has 0 saturated heterocycles. The van der Waals surface area contributed by atoms with Gasteiger partial charge in [0.25, 0.3) is 0 Å². The highest BCUT2D eigenvalue weighted by Gasteiger charge is 2.15. The summed E-state index contributed by atoms with van der Waals surface area (Å²) in [6.45, 7) is 4.18. The number of nitrogens with zero attached hydrogens (tertiary/aromatic N) is 3. The van der Waals surface area contributed by atoms with E-state index < -0.39 is 0 Å². The molecule has 4 nitrogen and oxygen atoms in total. The first kappa shape index (κ1) is 12.3. The van der Waals surface area contributed by atoms with E-state index in [-0.39, 0.29) is 6.04 Å². The second kappa shape index (κ2) is 4.98. The van der Waals surface area contributed by atoms with Crippen molar-refractivity contribution >= 4 is 11.3 Å². The predicted molar refractivity (Wildman–Crippen MR) is 70.3 cm³/mol. The van der Waals surface area contributed by atoms with Crippen molar-refractivity contribution < 1.29 is 0 Å². The Balaban J connectivity index is 2.15. The molecule has 2 rings (SSSR count). The standard InChI is InChI=1S/C12H18N4S/c1-8-9(2)17-12(15-8)5-10(13-3)11-6-16(4)7-14-11/h6-7,10,13H,5H2,1-4H3. The number of aromatic nitrogens is 3. The summed E-state index contributed by atoms with van der Waals surface area (Å²) in [7, 11) is 3.95. The highest BCUT2D eigenvalue weighted by atomic mass is 32.1. The molecule has 0 bridgehead atoms. The van der Waals surface area contributed by atoms with Crippen LogP contribution < -0.4 is 5.32 Å². The lowest BCUT2D eigenvalue weighted by Gasteiger charge is -2.11. The van der Waals surface area contributed by atoms with Crippen molar-refractivity contribution in [2.24, 2.45) is 7.05 Å². The molecule has 0 radical (unpaired) electrons. The number of rotatable bonds is 4. The first-order valence-corrected chi connectivity index (χ1v) is 6.50. The molecule has 1 N–H and O–H groups in total. The fraction of sp³-hybridized carbons (Fsp3) is 0.500. The molecule has 1 atom stereocenters. The van der Waals surface area contributed by atoms with E-state index in [2.05, 4.69) is 35.3 Å². The third kappa shape index (κ3) is 2.73. The second-order valence-electron chi connectivity index (χ2n) is 4.26. The highest BCUT2D eigenvalue weighted by molar-refractivity contribution is 7.11. The fourth-order valence-electron chi connectivity index (χ4n) is 1.77. The highest BCUT2D eigenvalue weighted by Crippen LogP contribution is 2.22. The van der Waals surface area contributed by atoms with Crippen molar-refractivity contribution in [2.45, 2.75) is 26.3 Å². The summed E-state index contributed by atoms with van der Waals surface area (Å²) in [4.78, 5) is 10.3. The Kier molecular flexibility index (Phi) is 3.59. The zero-order valence-electron chi connectivity index (χ0n) is 10.7. The van der Waals surface area contributed by atoms with Gasteiger partial charge in [0.2, 0.25) is 0 Å². The van der Waals surface area contributed by atoms with Crippen molar-refractivity contribution in [3.63, 3.8) is 0 Å². The van der Waals surface area contributed by atoms with Crippen LogP contribution in [0.2, 0.25) is 0 Å². The van der Waals surface area contributed by atoms with Crippen LogP contribution in [0.25, 0.3) is 0 Å². The molecule has 1 unspecified atom stereocenters. The van der Waals surface area contributed by atoms with E-state index in [1.54, 1.807) is 11.3 Å².